The zero-order valence-corrected chi connectivity index (χ0v) is 19.3. The summed E-state index contributed by atoms with van der Waals surface area (Å²) in [6.45, 7) is 1.53. The van der Waals surface area contributed by atoms with E-state index in [1.165, 1.54) is 30.2 Å². The number of thiazole rings is 1. The quantitative estimate of drug-likeness (QED) is 0.575. The molecule has 1 aliphatic heterocycles. The number of pyridine rings is 1. The highest BCUT2D eigenvalue weighted by molar-refractivity contribution is 7.16. The van der Waals surface area contributed by atoms with Crippen LogP contribution in [0.15, 0.2) is 27.4 Å². The van der Waals surface area contributed by atoms with Crippen molar-refractivity contribution in [2.75, 3.05) is 32.1 Å². The molecule has 3 fully saturated rings. The summed E-state index contributed by atoms with van der Waals surface area (Å²) in [5.74, 6) is -0.181. The molecule has 0 spiro atoms. The number of carboxylic acids is 1. The van der Waals surface area contributed by atoms with Crippen molar-refractivity contribution in [1.82, 2.24) is 9.72 Å². The lowest BCUT2D eigenvalue weighted by atomic mass is 9.77. The topological polar surface area (TPSA) is 86.4 Å². The number of carbonyl (C=O) groups is 1. The van der Waals surface area contributed by atoms with Crippen LogP contribution in [0.2, 0.25) is 0 Å². The van der Waals surface area contributed by atoms with Gasteiger partial charge in [-0.05, 0) is 50.1 Å². The predicted octanol–water partition coefficient (Wildman–Crippen LogP) is 3.22. The lowest BCUT2D eigenvalue weighted by Crippen LogP contribution is -2.48. The third-order valence-corrected chi connectivity index (χ3v) is 9.23. The van der Waals surface area contributed by atoms with Gasteiger partial charge in [-0.2, -0.15) is 0 Å². The van der Waals surface area contributed by atoms with Crippen molar-refractivity contribution in [3.63, 3.8) is 0 Å². The second-order valence-electron chi connectivity index (χ2n) is 9.58. The van der Waals surface area contributed by atoms with Crippen molar-refractivity contribution in [3.8, 4) is 0 Å². The number of halogens is 1. The Morgan fingerprint density at radius 3 is 2.97 bits per heavy atom. The monoisotopic (exact) mass is 468 g/mol. The van der Waals surface area contributed by atoms with Gasteiger partial charge in [-0.3, -0.25) is 9.79 Å². The molecule has 1 saturated heterocycles. The second kappa shape index (κ2) is 7.11. The molecule has 7 nitrogen and oxygen atoms in total. The van der Waals surface area contributed by atoms with Crippen LogP contribution in [0.25, 0.3) is 15.7 Å². The number of aliphatic imine (C=N–C) groups is 1. The maximum absolute atomic E-state index is 15.7. The highest BCUT2D eigenvalue weighted by Gasteiger charge is 2.60. The van der Waals surface area contributed by atoms with E-state index in [-0.39, 0.29) is 16.5 Å². The Bertz CT molecular complexity index is 1410. The van der Waals surface area contributed by atoms with E-state index in [1.807, 2.05) is 7.05 Å². The molecule has 0 amide bonds. The molecular formula is C24H25FN4O3S. The normalized spacial score (nSPS) is 28.6. The summed E-state index contributed by atoms with van der Waals surface area (Å²) in [5.41, 5.74) is 0.626. The third-order valence-electron chi connectivity index (χ3n) is 8.35. The van der Waals surface area contributed by atoms with Gasteiger partial charge >= 0.3 is 5.97 Å². The molecule has 33 heavy (non-hydrogen) atoms. The Balaban J connectivity index is 1.59. The minimum absolute atomic E-state index is 0.0607. The Morgan fingerprint density at radius 1 is 1.42 bits per heavy atom. The molecule has 1 aromatic carbocycles. The van der Waals surface area contributed by atoms with Crippen LogP contribution in [-0.2, 0) is 0 Å². The number of anilines is 1. The van der Waals surface area contributed by atoms with Gasteiger partial charge in [0.2, 0.25) is 5.43 Å². The lowest BCUT2D eigenvalue weighted by Gasteiger charge is -2.35. The number of hydrogen-bond acceptors (Lipinski definition) is 6. The number of aromatic nitrogens is 1. The summed E-state index contributed by atoms with van der Waals surface area (Å²) in [5, 5.41) is 15.1. The van der Waals surface area contributed by atoms with Crippen molar-refractivity contribution in [2.24, 2.45) is 22.7 Å². The number of aromatic carboxylic acids is 1. The fourth-order valence-electron chi connectivity index (χ4n) is 7.01. The number of hydrogen-bond donors (Lipinski definition) is 2. The number of carboxylic acid groups (broad SMARTS) is 1. The van der Waals surface area contributed by atoms with E-state index in [0.29, 0.717) is 39.4 Å². The van der Waals surface area contributed by atoms with Crippen LogP contribution in [0.3, 0.4) is 0 Å². The fourth-order valence-corrected chi connectivity index (χ4v) is 7.89. The molecule has 4 atom stereocenters. The van der Waals surface area contributed by atoms with Gasteiger partial charge < -0.3 is 19.7 Å². The molecule has 9 heteroatoms. The van der Waals surface area contributed by atoms with E-state index in [9.17, 15) is 14.7 Å². The van der Waals surface area contributed by atoms with E-state index in [0.717, 1.165) is 19.5 Å². The second-order valence-corrected chi connectivity index (χ2v) is 10.5. The average Bonchev–Trinajstić information content (AvgIpc) is 3.55. The molecule has 2 N–H and O–H groups in total. The average molecular weight is 469 g/mol. The van der Waals surface area contributed by atoms with Crippen LogP contribution in [0.5, 0.6) is 0 Å². The van der Waals surface area contributed by atoms with Crippen LogP contribution in [0.1, 0.15) is 35.2 Å². The van der Waals surface area contributed by atoms with Crippen LogP contribution in [0.4, 0.5) is 10.1 Å². The van der Waals surface area contributed by atoms with Gasteiger partial charge in [-0.25, -0.2) is 9.18 Å². The van der Waals surface area contributed by atoms with Crippen LogP contribution >= 0.6 is 11.3 Å². The summed E-state index contributed by atoms with van der Waals surface area (Å²) < 4.78 is 17.4. The number of nitrogens with one attached hydrogen (secondary N) is 1. The van der Waals surface area contributed by atoms with Gasteiger partial charge in [0.15, 0.2) is 0 Å². The van der Waals surface area contributed by atoms with E-state index in [2.05, 4.69) is 15.2 Å². The summed E-state index contributed by atoms with van der Waals surface area (Å²) in [4.78, 5) is 31.6. The van der Waals surface area contributed by atoms with Gasteiger partial charge in [-0.1, -0.05) is 0 Å². The summed E-state index contributed by atoms with van der Waals surface area (Å²) >= 11 is 1.19. The minimum atomic E-state index is -1.31. The molecule has 6 rings (SSSR count). The van der Waals surface area contributed by atoms with Crippen LogP contribution in [0, 0.1) is 23.6 Å². The van der Waals surface area contributed by atoms with Crippen molar-refractivity contribution in [2.45, 2.75) is 24.8 Å². The van der Waals surface area contributed by atoms with E-state index in [4.69, 9.17) is 0 Å². The van der Waals surface area contributed by atoms with Crippen molar-refractivity contribution >= 4 is 44.9 Å². The molecule has 3 aromatic rings. The maximum atomic E-state index is 15.7. The third kappa shape index (κ3) is 2.66. The molecule has 3 aliphatic rings. The van der Waals surface area contributed by atoms with Gasteiger partial charge in [-0.15, -0.1) is 11.3 Å². The number of benzene rings is 1. The van der Waals surface area contributed by atoms with E-state index >= 15 is 4.39 Å². The maximum Gasteiger partial charge on any atom is 0.342 e. The number of fused-ring (bicyclic) bond motifs is 8. The van der Waals surface area contributed by atoms with Gasteiger partial charge in [0, 0.05) is 49.0 Å². The van der Waals surface area contributed by atoms with Crippen molar-refractivity contribution in [1.29, 1.82) is 0 Å². The highest BCUT2D eigenvalue weighted by Crippen LogP contribution is 2.58. The zero-order chi connectivity index (χ0) is 23.1. The van der Waals surface area contributed by atoms with Crippen LogP contribution in [-0.4, -0.2) is 54.4 Å². The van der Waals surface area contributed by atoms with Gasteiger partial charge in [0.05, 0.1) is 16.6 Å². The molecule has 3 heterocycles. The van der Waals surface area contributed by atoms with Crippen LogP contribution < -0.4 is 15.6 Å². The largest absolute Gasteiger partial charge is 0.477 e. The first-order valence-electron chi connectivity index (χ1n) is 11.3. The molecule has 2 bridgehead atoms. The molecule has 0 radical (unpaired) electrons. The Kier molecular flexibility index (Phi) is 4.48. The van der Waals surface area contributed by atoms with E-state index in [1.54, 1.807) is 29.2 Å². The standard InChI is InChI=1S/C24H25FN4O3S/c1-26-9-14-19-13(21(30)18(23(31)32)22-29(19)5-6-33-22)7-17(25)20(14)28-10-15-12-3-4-24(8-12,27-2)16(15)11-28/h5-7,9,12,15-16,27H,3-4,8,10-11H2,1-2H3,(H,31,32). The highest BCUT2D eigenvalue weighted by atomic mass is 32.1. The van der Waals surface area contributed by atoms with E-state index < -0.39 is 17.2 Å². The first kappa shape index (κ1) is 20.8. The molecule has 2 aromatic heterocycles. The zero-order valence-electron chi connectivity index (χ0n) is 18.5. The Morgan fingerprint density at radius 2 is 2.24 bits per heavy atom. The fraction of sp³-hybridized carbons (Fsp3) is 0.458. The summed E-state index contributed by atoms with van der Waals surface area (Å²) in [7, 11) is 3.66. The molecular weight excluding hydrogens is 443 g/mol. The Hall–Kier alpha value is -2.78. The predicted molar refractivity (Wildman–Crippen MR) is 128 cm³/mol. The summed E-state index contributed by atoms with van der Waals surface area (Å²) in [6.07, 6.45) is 6.90. The van der Waals surface area contributed by atoms with Crippen molar-refractivity contribution in [3.05, 3.63) is 44.8 Å². The summed E-state index contributed by atoms with van der Waals surface area (Å²) in [6, 6.07) is 1.22. The van der Waals surface area contributed by atoms with Gasteiger partial charge in [0.25, 0.3) is 0 Å². The van der Waals surface area contributed by atoms with Gasteiger partial charge in [0.1, 0.15) is 16.2 Å². The molecule has 2 aliphatic carbocycles. The molecule has 2 saturated carbocycles. The molecule has 4 unspecified atom stereocenters. The number of nitrogens with zero attached hydrogens (tertiary/aromatic N) is 3. The number of rotatable bonds is 4. The first-order chi connectivity index (χ1) is 15.9. The first-order valence-corrected chi connectivity index (χ1v) is 12.2. The molecule has 172 valence electrons. The van der Waals surface area contributed by atoms with Crippen molar-refractivity contribution < 1.29 is 14.3 Å². The smallest absolute Gasteiger partial charge is 0.342 e. The lowest BCUT2D eigenvalue weighted by molar-refractivity contribution is 0.0697. The minimum Gasteiger partial charge on any atom is -0.477 e. The Labute approximate surface area is 193 Å². The SMILES string of the molecule is CN=Cc1c(N2CC3C4CCC(NC)(C4)C3C2)c(F)cc2c(=O)c(C(=O)O)c3sccn3c12.